The number of rotatable bonds is 7. The highest BCUT2D eigenvalue weighted by atomic mass is 16.5. The lowest BCUT2D eigenvalue weighted by Gasteiger charge is -2.14. The van der Waals surface area contributed by atoms with E-state index in [1.807, 2.05) is 48.6 Å². The molecule has 3 aromatic rings. The first-order chi connectivity index (χ1) is 15.1. The lowest BCUT2D eigenvalue weighted by molar-refractivity contribution is 0.1000. The summed E-state index contributed by atoms with van der Waals surface area (Å²) in [7, 11) is 0. The lowest BCUT2D eigenvalue weighted by Crippen LogP contribution is -2.26. The van der Waals surface area contributed by atoms with E-state index >= 15 is 0 Å². The minimum atomic E-state index is -0.461. The molecule has 0 saturated heterocycles. The van der Waals surface area contributed by atoms with Crippen molar-refractivity contribution in [1.82, 2.24) is 5.32 Å². The zero-order chi connectivity index (χ0) is 21.6. The van der Waals surface area contributed by atoms with Gasteiger partial charge in [0, 0.05) is 18.0 Å². The Bertz CT molecular complexity index is 1090. The van der Waals surface area contributed by atoms with Crippen LogP contribution in [0.3, 0.4) is 0 Å². The zero-order valence-electron chi connectivity index (χ0n) is 17.1. The number of primary amides is 1. The van der Waals surface area contributed by atoms with Gasteiger partial charge in [-0.05, 0) is 40.3 Å². The molecule has 0 aromatic heterocycles. The first kappa shape index (κ1) is 20.4. The molecule has 3 N–H and O–H groups in total. The molecule has 0 saturated carbocycles. The first-order valence-corrected chi connectivity index (χ1v) is 10.3. The van der Waals surface area contributed by atoms with Crippen molar-refractivity contribution in [1.29, 1.82) is 0 Å². The molecule has 0 aliphatic heterocycles. The Morgan fingerprint density at radius 1 is 0.903 bits per heavy atom. The molecule has 5 heteroatoms. The van der Waals surface area contributed by atoms with Crippen molar-refractivity contribution in [3.63, 3.8) is 0 Å². The molecule has 1 aliphatic rings. The summed E-state index contributed by atoms with van der Waals surface area (Å²) in [5.41, 5.74) is 11.4. The van der Waals surface area contributed by atoms with Crippen molar-refractivity contribution in [3.8, 4) is 11.1 Å². The molecule has 3 aromatic carbocycles. The number of carbonyl (C=O) groups excluding carboxylic acids is 2. The third-order valence-corrected chi connectivity index (χ3v) is 5.45. The van der Waals surface area contributed by atoms with Crippen molar-refractivity contribution >= 4 is 18.1 Å². The molecule has 0 fully saturated rings. The molecule has 0 atom stereocenters. The van der Waals surface area contributed by atoms with Gasteiger partial charge in [-0.25, -0.2) is 4.79 Å². The summed E-state index contributed by atoms with van der Waals surface area (Å²) >= 11 is 0. The highest BCUT2D eigenvalue weighted by Gasteiger charge is 2.28. The number of ether oxygens (including phenoxy) is 1. The minimum absolute atomic E-state index is 0.0448. The van der Waals surface area contributed by atoms with Gasteiger partial charge in [-0.15, -0.1) is 0 Å². The summed E-state index contributed by atoms with van der Waals surface area (Å²) in [5, 5.41) is 2.77. The second kappa shape index (κ2) is 9.30. The van der Waals surface area contributed by atoms with Crippen molar-refractivity contribution in [3.05, 3.63) is 101 Å². The molecule has 0 heterocycles. The van der Waals surface area contributed by atoms with Crippen molar-refractivity contribution < 1.29 is 14.3 Å². The van der Waals surface area contributed by atoms with Crippen molar-refractivity contribution in [2.24, 2.45) is 5.73 Å². The van der Waals surface area contributed by atoms with Gasteiger partial charge < -0.3 is 15.8 Å². The molecule has 0 spiro atoms. The van der Waals surface area contributed by atoms with Crippen molar-refractivity contribution in [2.75, 3.05) is 13.2 Å². The topological polar surface area (TPSA) is 81.4 Å². The number of alkyl carbamates (subject to hydrolysis) is 1. The Morgan fingerprint density at radius 3 is 2.19 bits per heavy atom. The van der Waals surface area contributed by atoms with E-state index in [0.717, 1.165) is 5.56 Å². The molecule has 31 heavy (non-hydrogen) atoms. The fourth-order valence-corrected chi connectivity index (χ4v) is 3.98. The van der Waals surface area contributed by atoms with Gasteiger partial charge in [0.05, 0.1) is 0 Å². The maximum atomic E-state index is 12.2. The maximum Gasteiger partial charge on any atom is 0.407 e. The van der Waals surface area contributed by atoms with Gasteiger partial charge in [-0.2, -0.15) is 0 Å². The Hall–Kier alpha value is -3.86. The third-order valence-electron chi connectivity index (χ3n) is 5.45. The second-order valence-corrected chi connectivity index (χ2v) is 7.39. The quantitative estimate of drug-likeness (QED) is 0.551. The average molecular weight is 412 g/mol. The number of fused-ring (bicyclic) bond motifs is 3. The highest BCUT2D eigenvalue weighted by molar-refractivity contribution is 5.96. The molecule has 0 radical (unpaired) electrons. The van der Waals surface area contributed by atoms with Crippen LogP contribution in [0.15, 0.2) is 78.9 Å². The third kappa shape index (κ3) is 4.51. The van der Waals surface area contributed by atoms with Gasteiger partial charge in [0.1, 0.15) is 6.61 Å². The fraction of sp³-hybridized carbons (Fsp3) is 0.154. The van der Waals surface area contributed by atoms with E-state index in [1.54, 1.807) is 12.1 Å². The molecule has 4 rings (SSSR count). The molecular formula is C26H24N2O3. The predicted molar refractivity (Wildman–Crippen MR) is 122 cm³/mol. The summed E-state index contributed by atoms with van der Waals surface area (Å²) in [6, 6.07) is 23.6. The van der Waals surface area contributed by atoms with Crippen LogP contribution >= 0.6 is 0 Å². The van der Waals surface area contributed by atoms with Crippen molar-refractivity contribution in [2.45, 2.75) is 12.3 Å². The Morgan fingerprint density at radius 2 is 1.52 bits per heavy atom. The Kier molecular flexibility index (Phi) is 6.13. The van der Waals surface area contributed by atoms with Crippen LogP contribution in [-0.4, -0.2) is 25.2 Å². The Labute approximate surface area is 181 Å². The summed E-state index contributed by atoms with van der Waals surface area (Å²) in [5.74, 6) is -0.416. The first-order valence-electron chi connectivity index (χ1n) is 10.3. The van der Waals surface area contributed by atoms with E-state index in [9.17, 15) is 9.59 Å². The number of nitrogens with two attached hydrogens (primary N) is 1. The summed E-state index contributed by atoms with van der Waals surface area (Å²) in [6.07, 6.45) is 3.90. The van der Waals surface area contributed by atoms with Crippen LogP contribution in [0.1, 0.15) is 39.4 Å². The minimum Gasteiger partial charge on any atom is -0.449 e. The van der Waals surface area contributed by atoms with Crippen LogP contribution < -0.4 is 11.1 Å². The average Bonchev–Trinajstić information content (AvgIpc) is 3.11. The normalized spacial score (nSPS) is 12.4. The standard InChI is InChI=1S/C26H24N2O3/c27-25(29)19-11-2-1-9-18(19)10-7-8-16-28-26(30)31-17-24-22-14-5-3-12-20(22)21-13-4-6-15-23(21)24/h1-7,9-15,24H,8,16-17H2,(H2,27,29)(H,28,30). The molecule has 5 nitrogen and oxygen atoms in total. The summed E-state index contributed by atoms with van der Waals surface area (Å²) in [6.45, 7) is 0.730. The lowest BCUT2D eigenvalue weighted by atomic mass is 9.98. The summed E-state index contributed by atoms with van der Waals surface area (Å²) < 4.78 is 5.52. The van der Waals surface area contributed by atoms with Crippen LogP contribution in [0, 0.1) is 0 Å². The molecule has 0 bridgehead atoms. The van der Waals surface area contributed by atoms with Crippen LogP contribution in [0.5, 0.6) is 0 Å². The number of carbonyl (C=O) groups is 2. The number of hydrogen-bond acceptors (Lipinski definition) is 3. The monoisotopic (exact) mass is 412 g/mol. The summed E-state index contributed by atoms with van der Waals surface area (Å²) in [4.78, 5) is 23.6. The van der Waals surface area contributed by atoms with Crippen LogP contribution in [0.4, 0.5) is 4.79 Å². The van der Waals surface area contributed by atoms with Crippen LogP contribution in [0.25, 0.3) is 17.2 Å². The van der Waals surface area contributed by atoms with E-state index in [2.05, 4.69) is 29.6 Å². The highest BCUT2D eigenvalue weighted by Crippen LogP contribution is 2.44. The zero-order valence-corrected chi connectivity index (χ0v) is 17.1. The van der Waals surface area contributed by atoms with Gasteiger partial charge >= 0.3 is 6.09 Å². The van der Waals surface area contributed by atoms with Gasteiger partial charge in [-0.1, -0.05) is 78.9 Å². The van der Waals surface area contributed by atoms with Gasteiger partial charge in [0.25, 0.3) is 0 Å². The van der Waals surface area contributed by atoms with Crippen LogP contribution in [0.2, 0.25) is 0 Å². The van der Waals surface area contributed by atoms with Gasteiger partial charge in [0.15, 0.2) is 0 Å². The second-order valence-electron chi connectivity index (χ2n) is 7.39. The van der Waals surface area contributed by atoms with Gasteiger partial charge in [-0.3, -0.25) is 4.79 Å². The number of amides is 2. The number of nitrogens with one attached hydrogen (secondary N) is 1. The van der Waals surface area contributed by atoms with Gasteiger partial charge in [0.2, 0.25) is 5.91 Å². The van der Waals surface area contributed by atoms with E-state index < -0.39 is 12.0 Å². The maximum absolute atomic E-state index is 12.2. The predicted octanol–water partition coefficient (Wildman–Crippen LogP) is 4.73. The van der Waals surface area contributed by atoms with E-state index in [0.29, 0.717) is 25.1 Å². The van der Waals surface area contributed by atoms with E-state index in [1.165, 1.54) is 22.3 Å². The molecule has 156 valence electrons. The fourth-order valence-electron chi connectivity index (χ4n) is 3.98. The molecular weight excluding hydrogens is 388 g/mol. The molecule has 0 unspecified atom stereocenters. The van der Waals surface area contributed by atoms with E-state index in [-0.39, 0.29) is 5.92 Å². The molecule has 2 amide bonds. The Balaban J connectivity index is 1.29. The largest absolute Gasteiger partial charge is 0.449 e. The van der Waals surface area contributed by atoms with E-state index in [4.69, 9.17) is 10.5 Å². The molecule has 1 aliphatic carbocycles. The number of hydrogen-bond donors (Lipinski definition) is 2. The number of benzene rings is 3. The van der Waals surface area contributed by atoms with Crippen LogP contribution in [-0.2, 0) is 4.74 Å². The smallest absolute Gasteiger partial charge is 0.407 e. The SMILES string of the molecule is NC(=O)c1ccccc1C=CCCNC(=O)OCC1c2ccccc2-c2ccccc21.